The van der Waals surface area contributed by atoms with E-state index in [-0.39, 0.29) is 11.7 Å². The lowest BCUT2D eigenvalue weighted by molar-refractivity contribution is -0.113. The fraction of sp³-hybridized carbons (Fsp3) is 0.318. The van der Waals surface area contributed by atoms with Crippen LogP contribution in [-0.4, -0.2) is 33.0 Å². The first-order valence-electron chi connectivity index (χ1n) is 10.1. The second-order valence-electron chi connectivity index (χ2n) is 6.75. The Morgan fingerprint density at radius 2 is 1.87 bits per heavy atom. The van der Waals surface area contributed by atoms with Gasteiger partial charge in [-0.15, -0.1) is 10.2 Å². The molecular formula is C22H26ClN5O2S. The number of aromatic nitrogens is 3. The van der Waals surface area contributed by atoms with E-state index in [0.717, 1.165) is 33.5 Å². The molecule has 31 heavy (non-hydrogen) atoms. The molecule has 1 amide bonds. The first-order chi connectivity index (χ1) is 15.0. The van der Waals surface area contributed by atoms with E-state index in [0.29, 0.717) is 24.9 Å². The minimum Gasteiger partial charge on any atom is -0.494 e. The normalized spacial score (nSPS) is 10.7. The third-order valence-electron chi connectivity index (χ3n) is 4.51. The van der Waals surface area contributed by atoms with Crippen molar-refractivity contribution in [2.75, 3.05) is 23.0 Å². The molecule has 3 rings (SSSR count). The van der Waals surface area contributed by atoms with E-state index in [1.165, 1.54) is 11.8 Å². The molecule has 0 bridgehead atoms. The van der Waals surface area contributed by atoms with E-state index in [2.05, 4.69) is 20.8 Å². The summed E-state index contributed by atoms with van der Waals surface area (Å²) in [4.78, 5) is 12.3. The van der Waals surface area contributed by atoms with Gasteiger partial charge in [0.15, 0.2) is 11.0 Å². The first kappa shape index (κ1) is 23.0. The highest BCUT2D eigenvalue weighted by molar-refractivity contribution is 7.99. The Bertz CT molecular complexity index is 1020. The number of nitrogens with one attached hydrogen (secondary N) is 2. The van der Waals surface area contributed by atoms with Crippen LogP contribution >= 0.6 is 23.4 Å². The molecule has 9 heteroatoms. The van der Waals surface area contributed by atoms with Crippen LogP contribution in [0.5, 0.6) is 5.75 Å². The van der Waals surface area contributed by atoms with Crippen molar-refractivity contribution >= 4 is 40.6 Å². The summed E-state index contributed by atoms with van der Waals surface area (Å²) in [7, 11) is 0. The molecule has 0 saturated heterocycles. The van der Waals surface area contributed by atoms with Crippen LogP contribution in [0, 0.1) is 6.92 Å². The Hall–Kier alpha value is -2.71. The maximum atomic E-state index is 12.3. The average Bonchev–Trinajstić information content (AvgIpc) is 3.16. The third-order valence-corrected chi connectivity index (χ3v) is 5.89. The molecule has 0 unspecified atom stereocenters. The summed E-state index contributed by atoms with van der Waals surface area (Å²) in [5, 5.41) is 16.2. The second-order valence-corrected chi connectivity index (χ2v) is 8.10. The number of thioether (sulfide) groups is 1. The minimum absolute atomic E-state index is 0.103. The molecule has 3 aromatic rings. The van der Waals surface area contributed by atoms with Crippen LogP contribution in [0.4, 0.5) is 11.4 Å². The van der Waals surface area contributed by atoms with Crippen LogP contribution < -0.4 is 15.4 Å². The van der Waals surface area contributed by atoms with Crippen LogP contribution in [0.2, 0.25) is 5.02 Å². The van der Waals surface area contributed by atoms with Gasteiger partial charge in [-0.1, -0.05) is 29.4 Å². The van der Waals surface area contributed by atoms with E-state index in [9.17, 15) is 4.79 Å². The number of anilines is 2. The number of amides is 1. The van der Waals surface area contributed by atoms with Crippen LogP contribution in [0.25, 0.3) is 0 Å². The van der Waals surface area contributed by atoms with Crippen molar-refractivity contribution < 1.29 is 9.53 Å². The Labute approximate surface area is 191 Å². The molecule has 1 heterocycles. The molecule has 164 valence electrons. The lowest BCUT2D eigenvalue weighted by Gasteiger charge is -2.10. The Kier molecular flexibility index (Phi) is 8.20. The molecule has 0 spiro atoms. The predicted molar refractivity (Wildman–Crippen MR) is 126 cm³/mol. The highest BCUT2D eigenvalue weighted by atomic mass is 35.5. The molecule has 0 fully saturated rings. The number of hydrogen-bond donors (Lipinski definition) is 2. The average molecular weight is 460 g/mol. The first-order valence-corrected chi connectivity index (χ1v) is 11.4. The Morgan fingerprint density at radius 1 is 1.13 bits per heavy atom. The number of hydrogen-bond acceptors (Lipinski definition) is 6. The molecular weight excluding hydrogens is 434 g/mol. The van der Waals surface area contributed by atoms with Gasteiger partial charge in [-0.25, -0.2) is 0 Å². The largest absolute Gasteiger partial charge is 0.494 e. The van der Waals surface area contributed by atoms with Gasteiger partial charge < -0.3 is 19.9 Å². The van der Waals surface area contributed by atoms with Crippen molar-refractivity contribution in [2.45, 2.75) is 39.0 Å². The molecule has 0 radical (unpaired) electrons. The number of nitrogens with zero attached hydrogens (tertiary/aromatic N) is 3. The van der Waals surface area contributed by atoms with Crippen molar-refractivity contribution in [3.05, 3.63) is 58.9 Å². The fourth-order valence-corrected chi connectivity index (χ4v) is 3.89. The van der Waals surface area contributed by atoms with E-state index in [4.69, 9.17) is 16.3 Å². The van der Waals surface area contributed by atoms with Crippen LogP contribution in [-0.2, 0) is 17.9 Å². The zero-order chi connectivity index (χ0) is 22.2. The van der Waals surface area contributed by atoms with Crippen LogP contribution in [0.1, 0.15) is 25.2 Å². The Balaban J connectivity index is 1.54. The van der Waals surface area contributed by atoms with Crippen molar-refractivity contribution in [1.29, 1.82) is 0 Å². The molecule has 0 atom stereocenters. The van der Waals surface area contributed by atoms with Gasteiger partial charge in [0.1, 0.15) is 5.75 Å². The summed E-state index contributed by atoms with van der Waals surface area (Å²) in [6.45, 7) is 7.76. The van der Waals surface area contributed by atoms with Crippen molar-refractivity contribution in [1.82, 2.24) is 14.8 Å². The quantitative estimate of drug-likeness (QED) is 0.415. The van der Waals surface area contributed by atoms with Gasteiger partial charge in [0, 0.05) is 22.9 Å². The zero-order valence-electron chi connectivity index (χ0n) is 17.8. The van der Waals surface area contributed by atoms with Gasteiger partial charge in [-0.2, -0.15) is 0 Å². The minimum atomic E-state index is -0.103. The van der Waals surface area contributed by atoms with Gasteiger partial charge in [0.25, 0.3) is 0 Å². The van der Waals surface area contributed by atoms with E-state index < -0.39 is 0 Å². The summed E-state index contributed by atoms with van der Waals surface area (Å²) in [6.07, 6.45) is 0. The van der Waals surface area contributed by atoms with E-state index in [1.807, 2.05) is 67.8 Å². The summed E-state index contributed by atoms with van der Waals surface area (Å²) in [6, 6.07) is 13.2. The number of rotatable bonds is 10. The Morgan fingerprint density at radius 3 is 2.55 bits per heavy atom. The lowest BCUT2D eigenvalue weighted by atomic mass is 10.2. The number of halogens is 1. The zero-order valence-corrected chi connectivity index (χ0v) is 19.4. The molecule has 0 aliphatic heterocycles. The number of aryl methyl sites for hydroxylation is 1. The molecule has 2 aromatic carbocycles. The van der Waals surface area contributed by atoms with Gasteiger partial charge in [0.05, 0.1) is 18.9 Å². The van der Waals surface area contributed by atoms with Gasteiger partial charge >= 0.3 is 0 Å². The summed E-state index contributed by atoms with van der Waals surface area (Å²) >= 11 is 7.55. The maximum absolute atomic E-state index is 12.3. The standard InChI is InChI=1S/C22H26ClN5O2S/c1-4-28-20(13-24-17-7-6-15(3)19(23)12-17)26-27-22(28)31-14-21(29)25-16-8-10-18(11-9-16)30-5-2/h6-12,24H,4-5,13-14H2,1-3H3,(H,25,29). The summed E-state index contributed by atoms with van der Waals surface area (Å²) in [5.74, 6) is 1.72. The third kappa shape index (κ3) is 6.38. The SMILES string of the molecule is CCOc1ccc(NC(=O)CSc2nnc(CNc3ccc(C)c(Cl)c3)n2CC)cc1. The topological polar surface area (TPSA) is 81.1 Å². The van der Waals surface area contributed by atoms with Crippen molar-refractivity contribution in [2.24, 2.45) is 0 Å². The molecule has 2 N–H and O–H groups in total. The molecule has 0 aliphatic rings. The molecule has 0 saturated carbocycles. The van der Waals surface area contributed by atoms with Crippen LogP contribution in [0.3, 0.4) is 0 Å². The highest BCUT2D eigenvalue weighted by Gasteiger charge is 2.13. The van der Waals surface area contributed by atoms with Gasteiger partial charge in [-0.3, -0.25) is 4.79 Å². The maximum Gasteiger partial charge on any atom is 0.234 e. The summed E-state index contributed by atoms with van der Waals surface area (Å²) in [5.41, 5.74) is 2.68. The smallest absolute Gasteiger partial charge is 0.234 e. The van der Waals surface area contributed by atoms with E-state index in [1.54, 1.807) is 0 Å². The lowest BCUT2D eigenvalue weighted by Crippen LogP contribution is -2.15. The van der Waals surface area contributed by atoms with Gasteiger partial charge in [0.2, 0.25) is 5.91 Å². The number of carbonyl (C=O) groups is 1. The fourth-order valence-electron chi connectivity index (χ4n) is 2.89. The van der Waals surface area contributed by atoms with Crippen molar-refractivity contribution in [3.8, 4) is 5.75 Å². The number of carbonyl (C=O) groups excluding carboxylic acids is 1. The second kappa shape index (κ2) is 11.1. The number of ether oxygens (including phenoxy) is 1. The number of benzene rings is 2. The van der Waals surface area contributed by atoms with Gasteiger partial charge in [-0.05, 0) is 62.7 Å². The van der Waals surface area contributed by atoms with Crippen LogP contribution in [0.15, 0.2) is 47.6 Å². The van der Waals surface area contributed by atoms with Crippen molar-refractivity contribution in [3.63, 3.8) is 0 Å². The molecule has 0 aliphatic carbocycles. The predicted octanol–water partition coefficient (Wildman–Crippen LogP) is 5.00. The highest BCUT2D eigenvalue weighted by Crippen LogP contribution is 2.22. The molecule has 7 nitrogen and oxygen atoms in total. The molecule has 1 aromatic heterocycles. The summed E-state index contributed by atoms with van der Waals surface area (Å²) < 4.78 is 7.41. The van der Waals surface area contributed by atoms with E-state index >= 15 is 0 Å². The monoisotopic (exact) mass is 459 g/mol.